The summed E-state index contributed by atoms with van der Waals surface area (Å²) in [6, 6.07) is 0.609. The van der Waals surface area contributed by atoms with Gasteiger partial charge in [0.2, 0.25) is 0 Å². The Kier molecular flexibility index (Phi) is 2.89. The van der Waals surface area contributed by atoms with Crippen LogP contribution in [0.5, 0.6) is 0 Å². The predicted molar refractivity (Wildman–Crippen MR) is 55.0 cm³/mol. The maximum atomic E-state index is 5.60. The van der Waals surface area contributed by atoms with Crippen molar-refractivity contribution >= 4 is 0 Å². The van der Waals surface area contributed by atoms with E-state index in [9.17, 15) is 0 Å². The molecule has 2 heteroatoms. The van der Waals surface area contributed by atoms with Crippen LogP contribution in [0.1, 0.15) is 45.4 Å². The second-order valence-electron chi connectivity index (χ2n) is 5.04. The molecule has 0 amide bonds. The van der Waals surface area contributed by atoms with Crippen LogP contribution in [0.4, 0.5) is 0 Å². The van der Waals surface area contributed by atoms with Crippen LogP contribution < -0.4 is 11.3 Å². The van der Waals surface area contributed by atoms with Gasteiger partial charge in [0.25, 0.3) is 0 Å². The van der Waals surface area contributed by atoms with Crippen LogP contribution in [0.2, 0.25) is 0 Å². The van der Waals surface area contributed by atoms with E-state index in [1.165, 1.54) is 38.5 Å². The largest absolute Gasteiger partial charge is 0.271 e. The second kappa shape index (κ2) is 3.97. The maximum Gasteiger partial charge on any atom is 0.0244 e. The lowest BCUT2D eigenvalue weighted by molar-refractivity contribution is 0.353. The van der Waals surface area contributed by atoms with E-state index in [0.29, 0.717) is 6.04 Å². The lowest BCUT2D eigenvalue weighted by Gasteiger charge is -2.19. The average molecular weight is 182 g/mol. The number of hydrogen-bond donors (Lipinski definition) is 2. The van der Waals surface area contributed by atoms with Crippen LogP contribution in [-0.2, 0) is 0 Å². The molecule has 0 heterocycles. The lowest BCUT2D eigenvalue weighted by atomic mass is 9.95. The molecule has 13 heavy (non-hydrogen) atoms. The Hall–Kier alpha value is -0.0800. The molecule has 2 fully saturated rings. The van der Waals surface area contributed by atoms with Crippen LogP contribution in [0.25, 0.3) is 0 Å². The highest BCUT2D eigenvalue weighted by Gasteiger charge is 2.39. The van der Waals surface area contributed by atoms with Crippen molar-refractivity contribution in [1.82, 2.24) is 5.43 Å². The number of rotatable bonds is 4. The Morgan fingerprint density at radius 1 is 1.38 bits per heavy atom. The van der Waals surface area contributed by atoms with Crippen LogP contribution in [0.3, 0.4) is 0 Å². The van der Waals surface area contributed by atoms with Crippen molar-refractivity contribution in [3.05, 3.63) is 0 Å². The van der Waals surface area contributed by atoms with E-state index in [0.717, 1.165) is 17.8 Å². The Morgan fingerprint density at radius 2 is 2.00 bits per heavy atom. The van der Waals surface area contributed by atoms with Gasteiger partial charge in [-0.05, 0) is 30.6 Å². The Labute approximate surface area is 81.2 Å². The van der Waals surface area contributed by atoms with Gasteiger partial charge in [0, 0.05) is 6.04 Å². The SMILES string of the molecule is CC1CC1C(CC1CCCC1)NN. The van der Waals surface area contributed by atoms with Gasteiger partial charge in [-0.3, -0.25) is 11.3 Å². The third-order valence-corrected chi connectivity index (χ3v) is 3.96. The highest BCUT2D eigenvalue weighted by molar-refractivity contribution is 4.92. The molecule has 2 saturated carbocycles. The number of nitrogens with two attached hydrogens (primary N) is 1. The first-order chi connectivity index (χ1) is 6.31. The summed E-state index contributed by atoms with van der Waals surface area (Å²) in [4.78, 5) is 0. The monoisotopic (exact) mass is 182 g/mol. The van der Waals surface area contributed by atoms with Crippen molar-refractivity contribution < 1.29 is 0 Å². The van der Waals surface area contributed by atoms with Crippen molar-refractivity contribution in [2.75, 3.05) is 0 Å². The van der Waals surface area contributed by atoms with Crippen molar-refractivity contribution in [3.63, 3.8) is 0 Å². The third kappa shape index (κ3) is 2.23. The van der Waals surface area contributed by atoms with Gasteiger partial charge in [-0.25, -0.2) is 0 Å². The molecule has 3 unspecified atom stereocenters. The zero-order chi connectivity index (χ0) is 9.26. The fraction of sp³-hybridized carbons (Fsp3) is 1.00. The molecule has 0 spiro atoms. The standard InChI is InChI=1S/C11H22N2/c1-8-6-10(8)11(13-12)7-9-4-2-3-5-9/h8-11,13H,2-7,12H2,1H3. The normalized spacial score (nSPS) is 36.5. The lowest BCUT2D eigenvalue weighted by Crippen LogP contribution is -2.38. The molecule has 2 aliphatic carbocycles. The predicted octanol–water partition coefficient (Wildman–Crippen LogP) is 2.05. The van der Waals surface area contributed by atoms with Gasteiger partial charge in [0.05, 0.1) is 0 Å². The molecule has 0 aromatic heterocycles. The Bertz CT molecular complexity index is 163. The minimum atomic E-state index is 0.609. The second-order valence-corrected chi connectivity index (χ2v) is 5.04. The molecule has 0 radical (unpaired) electrons. The van der Waals surface area contributed by atoms with Crippen LogP contribution in [0, 0.1) is 17.8 Å². The highest BCUT2D eigenvalue weighted by Crippen LogP contribution is 2.43. The molecule has 3 atom stereocenters. The van der Waals surface area contributed by atoms with Gasteiger partial charge < -0.3 is 0 Å². The van der Waals surface area contributed by atoms with Crippen molar-refractivity contribution in [2.24, 2.45) is 23.6 Å². The van der Waals surface area contributed by atoms with E-state index >= 15 is 0 Å². The van der Waals surface area contributed by atoms with Gasteiger partial charge in [-0.1, -0.05) is 32.6 Å². The van der Waals surface area contributed by atoms with Gasteiger partial charge >= 0.3 is 0 Å². The summed E-state index contributed by atoms with van der Waals surface area (Å²) in [6.45, 7) is 2.34. The van der Waals surface area contributed by atoms with E-state index in [1.807, 2.05) is 0 Å². The van der Waals surface area contributed by atoms with E-state index < -0.39 is 0 Å². The van der Waals surface area contributed by atoms with Gasteiger partial charge in [-0.2, -0.15) is 0 Å². The quantitative estimate of drug-likeness (QED) is 0.516. The fourth-order valence-corrected chi connectivity index (χ4v) is 2.88. The number of nitrogens with one attached hydrogen (secondary N) is 1. The smallest absolute Gasteiger partial charge is 0.0244 e. The van der Waals surface area contributed by atoms with E-state index in [1.54, 1.807) is 0 Å². The Morgan fingerprint density at radius 3 is 2.46 bits per heavy atom. The fourth-order valence-electron chi connectivity index (χ4n) is 2.88. The van der Waals surface area contributed by atoms with Crippen LogP contribution >= 0.6 is 0 Å². The number of hydrazine groups is 1. The molecular formula is C11H22N2. The minimum absolute atomic E-state index is 0.609. The third-order valence-electron chi connectivity index (χ3n) is 3.96. The summed E-state index contributed by atoms with van der Waals surface area (Å²) in [5, 5.41) is 0. The average Bonchev–Trinajstić information content (AvgIpc) is 2.68. The van der Waals surface area contributed by atoms with Crippen LogP contribution in [-0.4, -0.2) is 6.04 Å². The first kappa shape index (κ1) is 9.47. The molecule has 2 rings (SSSR count). The van der Waals surface area contributed by atoms with Crippen molar-refractivity contribution in [3.8, 4) is 0 Å². The summed E-state index contributed by atoms with van der Waals surface area (Å²) in [7, 11) is 0. The van der Waals surface area contributed by atoms with Gasteiger partial charge in [-0.15, -0.1) is 0 Å². The molecule has 2 aliphatic rings. The first-order valence-electron chi connectivity index (χ1n) is 5.77. The first-order valence-corrected chi connectivity index (χ1v) is 5.77. The summed E-state index contributed by atoms with van der Waals surface area (Å²) in [5.74, 6) is 8.37. The van der Waals surface area contributed by atoms with E-state index in [-0.39, 0.29) is 0 Å². The molecule has 0 bridgehead atoms. The minimum Gasteiger partial charge on any atom is -0.271 e. The molecule has 0 aromatic carbocycles. The van der Waals surface area contributed by atoms with Crippen molar-refractivity contribution in [2.45, 2.75) is 51.5 Å². The summed E-state index contributed by atoms with van der Waals surface area (Å²) in [5.41, 5.74) is 3.02. The highest BCUT2D eigenvalue weighted by atomic mass is 15.2. The molecule has 2 nitrogen and oxygen atoms in total. The maximum absolute atomic E-state index is 5.60. The molecule has 0 aliphatic heterocycles. The molecule has 3 N–H and O–H groups in total. The molecule has 76 valence electrons. The van der Waals surface area contributed by atoms with Crippen molar-refractivity contribution in [1.29, 1.82) is 0 Å². The van der Waals surface area contributed by atoms with E-state index in [4.69, 9.17) is 5.84 Å². The van der Waals surface area contributed by atoms with Gasteiger partial charge in [0.15, 0.2) is 0 Å². The van der Waals surface area contributed by atoms with Crippen LogP contribution in [0.15, 0.2) is 0 Å². The topological polar surface area (TPSA) is 38.0 Å². The Balaban J connectivity index is 1.76. The molecule has 0 saturated heterocycles. The molecule has 0 aromatic rings. The number of hydrogen-bond acceptors (Lipinski definition) is 2. The summed E-state index contributed by atoms with van der Waals surface area (Å²) < 4.78 is 0. The van der Waals surface area contributed by atoms with E-state index in [2.05, 4.69) is 12.3 Å². The zero-order valence-electron chi connectivity index (χ0n) is 8.63. The summed E-state index contributed by atoms with van der Waals surface area (Å²) in [6.07, 6.45) is 8.50. The summed E-state index contributed by atoms with van der Waals surface area (Å²) >= 11 is 0. The van der Waals surface area contributed by atoms with Gasteiger partial charge in [0.1, 0.15) is 0 Å². The molecular weight excluding hydrogens is 160 g/mol. The zero-order valence-corrected chi connectivity index (χ0v) is 8.63.